The number of rotatable bonds is 3. The molecule has 0 bridgehead atoms. The summed E-state index contributed by atoms with van der Waals surface area (Å²) < 4.78 is 5.81. The van der Waals surface area contributed by atoms with Crippen molar-refractivity contribution in [2.75, 3.05) is 0 Å². The van der Waals surface area contributed by atoms with E-state index >= 15 is 0 Å². The summed E-state index contributed by atoms with van der Waals surface area (Å²) >= 11 is 1.50. The molecule has 0 unspecified atom stereocenters. The maximum absolute atomic E-state index is 5.81. The van der Waals surface area contributed by atoms with E-state index < -0.39 is 8.32 Å². The van der Waals surface area contributed by atoms with Gasteiger partial charge in [-0.3, -0.25) is 0 Å². The lowest BCUT2D eigenvalue weighted by Gasteiger charge is -2.19. The summed E-state index contributed by atoms with van der Waals surface area (Å²) in [6.07, 6.45) is 3.74. The van der Waals surface area contributed by atoms with Crippen molar-refractivity contribution in [3.8, 4) is 5.75 Å². The molecule has 0 aliphatic carbocycles. The molecule has 0 N–H and O–H groups in total. The fourth-order valence-corrected chi connectivity index (χ4v) is 2.13. The van der Waals surface area contributed by atoms with Crippen LogP contribution >= 0.6 is 11.8 Å². The van der Waals surface area contributed by atoms with Crippen LogP contribution in [-0.2, 0) is 0 Å². The zero-order valence-corrected chi connectivity index (χ0v) is 10.1. The van der Waals surface area contributed by atoms with Crippen LogP contribution in [0.2, 0.25) is 19.6 Å². The fourth-order valence-electron chi connectivity index (χ4n) is 0.957. The number of thioether (sulfide) groups is 1. The Bertz CT molecular complexity index is 263. The molecule has 0 aliphatic heterocycles. The predicted molar refractivity (Wildman–Crippen MR) is 61.6 cm³/mol. The maximum atomic E-state index is 5.81. The van der Waals surface area contributed by atoms with Crippen molar-refractivity contribution in [3.05, 3.63) is 30.5 Å². The number of benzene rings is 1. The van der Waals surface area contributed by atoms with Crippen LogP contribution < -0.4 is 4.43 Å². The molecule has 0 spiro atoms. The fraction of sp³-hybridized carbons (Fsp3) is 0.300. The van der Waals surface area contributed by atoms with Crippen molar-refractivity contribution in [2.24, 2.45) is 0 Å². The first-order chi connectivity index (χ1) is 6.01. The summed E-state index contributed by atoms with van der Waals surface area (Å²) in [7, 11) is -1.45. The minimum atomic E-state index is -1.45. The Morgan fingerprint density at radius 2 is 1.69 bits per heavy atom. The predicted octanol–water partition coefficient (Wildman–Crippen LogP) is 3.78. The van der Waals surface area contributed by atoms with Crippen LogP contribution in [0.25, 0.3) is 0 Å². The molecule has 0 fully saturated rings. The van der Waals surface area contributed by atoms with Crippen LogP contribution in [0.15, 0.2) is 29.2 Å². The molecule has 0 aliphatic rings. The molecule has 0 amide bonds. The van der Waals surface area contributed by atoms with Gasteiger partial charge >= 0.3 is 0 Å². The summed E-state index contributed by atoms with van der Waals surface area (Å²) in [4.78, 5) is 1.17. The third kappa shape index (κ3) is 3.87. The maximum Gasteiger partial charge on any atom is 0.242 e. The third-order valence-electron chi connectivity index (χ3n) is 1.41. The SMILES string of the molecule is [CH2]Sc1ccc(O[Si](C)(C)C)cc1. The first kappa shape index (κ1) is 10.7. The average Bonchev–Trinajstić information content (AvgIpc) is 2.03. The molecule has 13 heavy (non-hydrogen) atoms. The second-order valence-electron chi connectivity index (χ2n) is 3.83. The minimum Gasteiger partial charge on any atom is -0.544 e. The highest BCUT2D eigenvalue weighted by atomic mass is 32.2. The van der Waals surface area contributed by atoms with Crippen LogP contribution in [0.3, 0.4) is 0 Å². The molecule has 0 saturated carbocycles. The van der Waals surface area contributed by atoms with Crippen LogP contribution in [0.5, 0.6) is 5.75 Å². The monoisotopic (exact) mass is 211 g/mol. The lowest BCUT2D eigenvalue weighted by Crippen LogP contribution is -2.29. The Hall–Kier alpha value is -0.413. The molecular weight excluding hydrogens is 196 g/mol. The summed E-state index contributed by atoms with van der Waals surface area (Å²) in [5.74, 6) is 0.969. The molecule has 0 saturated heterocycles. The van der Waals surface area contributed by atoms with Gasteiger partial charge in [-0.15, -0.1) is 11.8 Å². The molecular formula is C10H15OSSi. The largest absolute Gasteiger partial charge is 0.544 e. The van der Waals surface area contributed by atoms with E-state index in [1.165, 1.54) is 16.7 Å². The zero-order chi connectivity index (χ0) is 9.90. The van der Waals surface area contributed by atoms with Crippen LogP contribution in [0.1, 0.15) is 0 Å². The molecule has 1 aromatic carbocycles. The van der Waals surface area contributed by atoms with Crippen LogP contribution in [-0.4, -0.2) is 8.32 Å². The van der Waals surface area contributed by atoms with Gasteiger partial charge in [-0.05, 0) is 43.9 Å². The average molecular weight is 211 g/mol. The normalized spacial score (nSPS) is 11.4. The zero-order valence-electron chi connectivity index (χ0n) is 8.33. The topological polar surface area (TPSA) is 9.23 Å². The Labute approximate surface area is 85.6 Å². The molecule has 0 heterocycles. The van der Waals surface area contributed by atoms with Gasteiger partial charge in [0.05, 0.1) is 0 Å². The second kappa shape index (κ2) is 4.20. The van der Waals surface area contributed by atoms with Gasteiger partial charge in [0, 0.05) is 11.2 Å². The molecule has 0 atom stereocenters. The van der Waals surface area contributed by atoms with Gasteiger partial charge in [0.2, 0.25) is 8.32 Å². The Morgan fingerprint density at radius 3 is 2.08 bits per heavy atom. The smallest absolute Gasteiger partial charge is 0.242 e. The van der Waals surface area contributed by atoms with Crippen molar-refractivity contribution in [1.82, 2.24) is 0 Å². The lowest BCUT2D eigenvalue weighted by molar-refractivity contribution is 0.557. The molecule has 1 nitrogen and oxygen atoms in total. The van der Waals surface area contributed by atoms with E-state index in [9.17, 15) is 0 Å². The third-order valence-corrected chi connectivity index (χ3v) is 2.87. The van der Waals surface area contributed by atoms with Crippen molar-refractivity contribution in [2.45, 2.75) is 24.5 Å². The van der Waals surface area contributed by atoms with E-state index in [0.717, 1.165) is 5.75 Å². The minimum absolute atomic E-state index is 0.969. The van der Waals surface area contributed by atoms with Gasteiger partial charge in [-0.25, -0.2) is 0 Å². The summed E-state index contributed by atoms with van der Waals surface area (Å²) in [5, 5.41) is 0. The van der Waals surface area contributed by atoms with Gasteiger partial charge in [0.1, 0.15) is 5.75 Å². The van der Waals surface area contributed by atoms with Crippen molar-refractivity contribution in [1.29, 1.82) is 0 Å². The van der Waals surface area contributed by atoms with Crippen molar-refractivity contribution in [3.63, 3.8) is 0 Å². The highest BCUT2D eigenvalue weighted by Crippen LogP contribution is 2.21. The summed E-state index contributed by atoms with van der Waals surface area (Å²) in [6.45, 7) is 6.53. The van der Waals surface area contributed by atoms with Crippen LogP contribution in [0, 0.1) is 6.26 Å². The van der Waals surface area contributed by atoms with Gasteiger partial charge in [-0.2, -0.15) is 0 Å². The van der Waals surface area contributed by atoms with E-state index in [1.807, 2.05) is 24.3 Å². The van der Waals surface area contributed by atoms with Gasteiger partial charge < -0.3 is 4.43 Å². The molecule has 3 heteroatoms. The lowest BCUT2D eigenvalue weighted by atomic mass is 10.3. The Morgan fingerprint density at radius 1 is 1.15 bits per heavy atom. The number of hydrogen-bond donors (Lipinski definition) is 0. The highest BCUT2D eigenvalue weighted by molar-refractivity contribution is 8.00. The van der Waals surface area contributed by atoms with Gasteiger partial charge in [0.25, 0.3) is 0 Å². The Balaban J connectivity index is 2.70. The quantitative estimate of drug-likeness (QED) is 0.556. The molecule has 0 aromatic heterocycles. The van der Waals surface area contributed by atoms with E-state index in [-0.39, 0.29) is 0 Å². The summed E-state index contributed by atoms with van der Waals surface area (Å²) in [5.41, 5.74) is 0. The number of hydrogen-bond acceptors (Lipinski definition) is 2. The van der Waals surface area contributed by atoms with Gasteiger partial charge in [0.15, 0.2) is 0 Å². The van der Waals surface area contributed by atoms with Crippen molar-refractivity contribution >= 4 is 20.1 Å². The van der Waals surface area contributed by atoms with E-state index in [4.69, 9.17) is 4.43 Å². The van der Waals surface area contributed by atoms with E-state index in [2.05, 4.69) is 25.9 Å². The Kier molecular flexibility index (Phi) is 3.45. The standard InChI is InChI=1S/C10H15OSSi/c1-12-10-7-5-9(6-8-10)11-13(2,3)4/h5-8H,1H2,2-4H3. The van der Waals surface area contributed by atoms with Gasteiger partial charge in [-0.1, -0.05) is 0 Å². The first-order valence-electron chi connectivity index (χ1n) is 4.22. The van der Waals surface area contributed by atoms with Crippen LogP contribution in [0.4, 0.5) is 0 Å². The highest BCUT2D eigenvalue weighted by Gasteiger charge is 2.15. The van der Waals surface area contributed by atoms with E-state index in [1.54, 1.807) is 0 Å². The molecule has 71 valence electrons. The van der Waals surface area contributed by atoms with E-state index in [0.29, 0.717) is 0 Å². The second-order valence-corrected chi connectivity index (χ2v) is 9.02. The van der Waals surface area contributed by atoms with Crippen molar-refractivity contribution < 1.29 is 4.43 Å². The summed E-state index contributed by atoms with van der Waals surface area (Å²) in [6, 6.07) is 8.08. The molecule has 1 aromatic rings. The first-order valence-corrected chi connectivity index (χ1v) is 8.62. The molecule has 1 rings (SSSR count). The molecule has 1 radical (unpaired) electrons.